The molecule has 0 amide bonds. The summed E-state index contributed by atoms with van der Waals surface area (Å²) in [5, 5.41) is 3.20. The molecule has 1 rings (SSSR count). The number of rotatable bonds is 7. The Hall–Kier alpha value is -0.930. The van der Waals surface area contributed by atoms with Crippen molar-refractivity contribution in [1.29, 1.82) is 0 Å². The molecule has 2 nitrogen and oxygen atoms in total. The molecule has 1 N–H and O–H groups in total. The van der Waals surface area contributed by atoms with Gasteiger partial charge in [0.15, 0.2) is 0 Å². The second-order valence-corrected chi connectivity index (χ2v) is 4.47. The van der Waals surface area contributed by atoms with Gasteiger partial charge >= 0.3 is 0 Å². The van der Waals surface area contributed by atoms with E-state index in [4.69, 9.17) is 4.74 Å². The van der Waals surface area contributed by atoms with Gasteiger partial charge in [-0.15, -0.1) is 0 Å². The largest absolute Gasteiger partial charge is 0.385 e. The zero-order valence-corrected chi connectivity index (χ0v) is 10.9. The molecule has 0 bridgehead atoms. The van der Waals surface area contributed by atoms with Gasteiger partial charge in [0.05, 0.1) is 0 Å². The van der Waals surface area contributed by atoms with Crippen LogP contribution in [0.1, 0.15) is 24.8 Å². The lowest BCUT2D eigenvalue weighted by Crippen LogP contribution is -2.23. The third-order valence-corrected chi connectivity index (χ3v) is 3.19. The fourth-order valence-electron chi connectivity index (χ4n) is 2.08. The smallest absolute Gasteiger partial charge is 0.123 e. The van der Waals surface area contributed by atoms with Gasteiger partial charge in [-0.2, -0.15) is 0 Å². The number of methoxy groups -OCH3 is 1. The lowest BCUT2D eigenvalue weighted by Gasteiger charge is -2.24. The van der Waals surface area contributed by atoms with Crippen LogP contribution in [0, 0.1) is 11.7 Å². The van der Waals surface area contributed by atoms with Crippen LogP contribution in [-0.4, -0.2) is 27.3 Å². The van der Waals surface area contributed by atoms with Gasteiger partial charge in [0.25, 0.3) is 0 Å². The van der Waals surface area contributed by atoms with Crippen LogP contribution in [-0.2, 0) is 4.74 Å². The summed E-state index contributed by atoms with van der Waals surface area (Å²) in [6, 6.07) is 6.81. The average molecular weight is 239 g/mol. The van der Waals surface area contributed by atoms with Gasteiger partial charge in [-0.05, 0) is 43.0 Å². The lowest BCUT2D eigenvalue weighted by molar-refractivity contribution is 0.174. The van der Waals surface area contributed by atoms with E-state index in [-0.39, 0.29) is 5.82 Å². The van der Waals surface area contributed by atoms with Crippen LogP contribution in [0.3, 0.4) is 0 Å². The second-order valence-electron chi connectivity index (χ2n) is 4.47. The highest BCUT2D eigenvalue weighted by Gasteiger charge is 2.18. The van der Waals surface area contributed by atoms with Gasteiger partial charge in [0.1, 0.15) is 5.82 Å². The number of benzene rings is 1. The summed E-state index contributed by atoms with van der Waals surface area (Å²) in [5.74, 6) is 0.727. The Morgan fingerprint density at radius 3 is 2.47 bits per heavy atom. The molecule has 3 heteroatoms. The Bertz CT molecular complexity index is 313. The normalized spacial score (nSPS) is 14.6. The Balaban J connectivity index is 2.73. The number of halogens is 1. The number of ether oxygens (including phenoxy) is 1. The van der Waals surface area contributed by atoms with E-state index in [1.165, 1.54) is 17.7 Å². The highest BCUT2D eigenvalue weighted by atomic mass is 19.1. The van der Waals surface area contributed by atoms with E-state index < -0.39 is 0 Å². The fourth-order valence-corrected chi connectivity index (χ4v) is 2.08. The zero-order chi connectivity index (χ0) is 12.7. The molecule has 0 fully saturated rings. The molecule has 96 valence electrons. The average Bonchev–Trinajstić information content (AvgIpc) is 2.34. The lowest BCUT2D eigenvalue weighted by atomic mass is 9.85. The maximum Gasteiger partial charge on any atom is 0.123 e. The Morgan fingerprint density at radius 2 is 1.94 bits per heavy atom. The van der Waals surface area contributed by atoms with Gasteiger partial charge in [-0.3, -0.25) is 0 Å². The SMILES string of the molecule is CNCC(c1ccc(F)cc1)C(C)CCOC. The molecule has 2 unspecified atom stereocenters. The molecule has 0 aromatic heterocycles. The summed E-state index contributed by atoms with van der Waals surface area (Å²) < 4.78 is 18.0. The van der Waals surface area contributed by atoms with Crippen LogP contribution >= 0.6 is 0 Å². The van der Waals surface area contributed by atoms with E-state index >= 15 is 0 Å². The van der Waals surface area contributed by atoms with Crippen molar-refractivity contribution in [3.8, 4) is 0 Å². The van der Waals surface area contributed by atoms with E-state index in [9.17, 15) is 4.39 Å². The summed E-state index contributed by atoms with van der Waals surface area (Å²) in [5.41, 5.74) is 1.18. The van der Waals surface area contributed by atoms with Crippen LogP contribution in [0.25, 0.3) is 0 Å². The standard InChI is InChI=1S/C14H22FNO/c1-11(8-9-17-3)14(10-16-2)12-4-6-13(15)7-5-12/h4-7,11,14,16H,8-10H2,1-3H3. The zero-order valence-electron chi connectivity index (χ0n) is 10.9. The maximum absolute atomic E-state index is 12.9. The van der Waals surface area contributed by atoms with E-state index in [2.05, 4.69) is 12.2 Å². The first kappa shape index (κ1) is 14.1. The van der Waals surface area contributed by atoms with Crippen molar-refractivity contribution in [2.24, 2.45) is 5.92 Å². The van der Waals surface area contributed by atoms with Crippen LogP contribution in [0.5, 0.6) is 0 Å². The molecule has 0 radical (unpaired) electrons. The van der Waals surface area contributed by atoms with Gasteiger partial charge in [0, 0.05) is 20.3 Å². The van der Waals surface area contributed by atoms with Crippen molar-refractivity contribution in [2.75, 3.05) is 27.3 Å². The first-order valence-corrected chi connectivity index (χ1v) is 6.08. The molecule has 0 aliphatic carbocycles. The predicted octanol–water partition coefficient (Wildman–Crippen LogP) is 2.80. The Labute approximate surface area is 103 Å². The molecule has 1 aromatic carbocycles. The number of nitrogens with one attached hydrogen (secondary N) is 1. The molecule has 0 aliphatic heterocycles. The first-order chi connectivity index (χ1) is 8.19. The van der Waals surface area contributed by atoms with Crippen molar-refractivity contribution in [3.05, 3.63) is 35.6 Å². The van der Waals surface area contributed by atoms with Gasteiger partial charge < -0.3 is 10.1 Å². The van der Waals surface area contributed by atoms with Crippen molar-refractivity contribution >= 4 is 0 Å². The molecule has 0 heterocycles. The van der Waals surface area contributed by atoms with Crippen LogP contribution in [0.15, 0.2) is 24.3 Å². The van der Waals surface area contributed by atoms with Crippen LogP contribution in [0.4, 0.5) is 4.39 Å². The topological polar surface area (TPSA) is 21.3 Å². The third-order valence-electron chi connectivity index (χ3n) is 3.19. The fraction of sp³-hybridized carbons (Fsp3) is 0.571. The van der Waals surface area contributed by atoms with Crippen molar-refractivity contribution in [1.82, 2.24) is 5.32 Å². The van der Waals surface area contributed by atoms with E-state index in [1.54, 1.807) is 7.11 Å². The number of likely N-dealkylation sites (N-methyl/N-ethyl adjacent to an activating group) is 1. The van der Waals surface area contributed by atoms with Gasteiger partial charge in [-0.1, -0.05) is 19.1 Å². The first-order valence-electron chi connectivity index (χ1n) is 6.08. The Morgan fingerprint density at radius 1 is 1.29 bits per heavy atom. The number of hydrogen-bond donors (Lipinski definition) is 1. The quantitative estimate of drug-likeness (QED) is 0.790. The van der Waals surface area contributed by atoms with Crippen molar-refractivity contribution in [3.63, 3.8) is 0 Å². The highest BCUT2D eigenvalue weighted by molar-refractivity contribution is 5.21. The van der Waals surface area contributed by atoms with Crippen molar-refractivity contribution in [2.45, 2.75) is 19.3 Å². The minimum absolute atomic E-state index is 0.179. The molecule has 0 spiro atoms. The summed E-state index contributed by atoms with van der Waals surface area (Å²) in [6.07, 6.45) is 1.01. The molecular weight excluding hydrogens is 217 g/mol. The predicted molar refractivity (Wildman–Crippen MR) is 68.7 cm³/mol. The van der Waals surface area contributed by atoms with Gasteiger partial charge in [-0.25, -0.2) is 4.39 Å². The molecule has 1 aromatic rings. The minimum atomic E-state index is -0.179. The number of hydrogen-bond acceptors (Lipinski definition) is 2. The van der Waals surface area contributed by atoms with Crippen LogP contribution in [0.2, 0.25) is 0 Å². The third kappa shape index (κ3) is 4.44. The summed E-state index contributed by atoms with van der Waals surface area (Å²) in [7, 11) is 3.66. The molecular formula is C14H22FNO. The van der Waals surface area contributed by atoms with Crippen LogP contribution < -0.4 is 5.32 Å². The van der Waals surface area contributed by atoms with Gasteiger partial charge in [0.2, 0.25) is 0 Å². The van der Waals surface area contributed by atoms with E-state index in [1.807, 2.05) is 19.2 Å². The summed E-state index contributed by atoms with van der Waals surface area (Å²) in [6.45, 7) is 3.88. The molecule has 2 atom stereocenters. The monoisotopic (exact) mass is 239 g/mol. The van der Waals surface area contributed by atoms with Crippen molar-refractivity contribution < 1.29 is 9.13 Å². The molecule has 0 aliphatic rings. The minimum Gasteiger partial charge on any atom is -0.385 e. The summed E-state index contributed by atoms with van der Waals surface area (Å²) in [4.78, 5) is 0. The highest BCUT2D eigenvalue weighted by Crippen LogP contribution is 2.26. The Kier molecular flexibility index (Phi) is 6.16. The van der Waals surface area contributed by atoms with E-state index in [0.717, 1.165) is 19.6 Å². The molecule has 0 saturated heterocycles. The molecule has 0 saturated carbocycles. The second kappa shape index (κ2) is 7.41. The molecule has 17 heavy (non-hydrogen) atoms. The van der Waals surface area contributed by atoms with E-state index in [0.29, 0.717) is 11.8 Å². The summed E-state index contributed by atoms with van der Waals surface area (Å²) >= 11 is 0. The maximum atomic E-state index is 12.9.